The van der Waals surface area contributed by atoms with E-state index in [4.69, 9.17) is 5.73 Å². The number of hydrogen-bond acceptors (Lipinski definition) is 2. The van der Waals surface area contributed by atoms with Gasteiger partial charge in [-0.1, -0.05) is 19.8 Å². The highest BCUT2D eigenvalue weighted by Gasteiger charge is 2.34. The first-order valence-corrected chi connectivity index (χ1v) is 6.16. The Hall–Kier alpha value is -1.06. The van der Waals surface area contributed by atoms with Crippen LogP contribution in [-0.2, 0) is 9.59 Å². The summed E-state index contributed by atoms with van der Waals surface area (Å²) in [6, 6.07) is 0.169. The van der Waals surface area contributed by atoms with E-state index in [9.17, 15) is 9.59 Å². The van der Waals surface area contributed by atoms with Crippen molar-refractivity contribution in [3.8, 4) is 0 Å². The van der Waals surface area contributed by atoms with Gasteiger partial charge in [-0.25, -0.2) is 0 Å². The fourth-order valence-corrected chi connectivity index (χ4v) is 2.24. The number of carbonyl (C=O) groups excluding carboxylic acids is 2. The van der Waals surface area contributed by atoms with E-state index in [0.29, 0.717) is 0 Å². The monoisotopic (exact) mass is 226 g/mol. The molecule has 0 aromatic carbocycles. The Labute approximate surface area is 97.0 Å². The maximum atomic E-state index is 12.0. The van der Waals surface area contributed by atoms with Crippen molar-refractivity contribution < 1.29 is 9.59 Å². The fourth-order valence-electron chi connectivity index (χ4n) is 2.24. The lowest BCUT2D eigenvalue weighted by Gasteiger charge is -2.29. The molecule has 4 heteroatoms. The lowest BCUT2D eigenvalue weighted by molar-refractivity contribution is -0.135. The van der Waals surface area contributed by atoms with Gasteiger partial charge in [-0.15, -0.1) is 0 Å². The Morgan fingerprint density at radius 1 is 1.31 bits per heavy atom. The van der Waals surface area contributed by atoms with E-state index in [1.807, 2.05) is 13.8 Å². The SMILES string of the molecule is CCC(C)NC(=O)C1CCCCC1C(N)=O. The lowest BCUT2D eigenvalue weighted by atomic mass is 9.78. The topological polar surface area (TPSA) is 72.2 Å². The Morgan fingerprint density at radius 3 is 2.38 bits per heavy atom. The summed E-state index contributed by atoms with van der Waals surface area (Å²) in [6.45, 7) is 4.00. The number of nitrogens with two attached hydrogens (primary N) is 1. The molecular weight excluding hydrogens is 204 g/mol. The molecule has 1 fully saturated rings. The number of nitrogens with one attached hydrogen (secondary N) is 1. The van der Waals surface area contributed by atoms with Crippen LogP contribution in [0.3, 0.4) is 0 Å². The van der Waals surface area contributed by atoms with Gasteiger partial charge in [0.15, 0.2) is 0 Å². The van der Waals surface area contributed by atoms with Gasteiger partial charge in [0, 0.05) is 17.9 Å². The molecule has 0 aromatic rings. The van der Waals surface area contributed by atoms with Crippen LogP contribution in [0.25, 0.3) is 0 Å². The minimum Gasteiger partial charge on any atom is -0.369 e. The number of primary amides is 1. The molecule has 0 aromatic heterocycles. The van der Waals surface area contributed by atoms with Crippen molar-refractivity contribution in [2.24, 2.45) is 17.6 Å². The Morgan fingerprint density at radius 2 is 1.88 bits per heavy atom. The van der Waals surface area contributed by atoms with Gasteiger partial charge in [0.25, 0.3) is 0 Å². The van der Waals surface area contributed by atoms with Crippen molar-refractivity contribution in [1.82, 2.24) is 5.32 Å². The molecule has 92 valence electrons. The smallest absolute Gasteiger partial charge is 0.224 e. The van der Waals surface area contributed by atoms with Gasteiger partial charge in [-0.3, -0.25) is 9.59 Å². The molecule has 3 atom stereocenters. The molecule has 2 amide bonds. The number of hydrogen-bond donors (Lipinski definition) is 2. The summed E-state index contributed by atoms with van der Waals surface area (Å²) in [4.78, 5) is 23.2. The highest BCUT2D eigenvalue weighted by Crippen LogP contribution is 2.30. The zero-order valence-corrected chi connectivity index (χ0v) is 10.2. The van der Waals surface area contributed by atoms with E-state index in [1.54, 1.807) is 0 Å². The van der Waals surface area contributed by atoms with E-state index in [1.165, 1.54) is 0 Å². The van der Waals surface area contributed by atoms with Crippen LogP contribution in [0, 0.1) is 11.8 Å². The van der Waals surface area contributed by atoms with Crippen molar-refractivity contribution in [2.75, 3.05) is 0 Å². The van der Waals surface area contributed by atoms with Gasteiger partial charge < -0.3 is 11.1 Å². The average Bonchev–Trinajstić information content (AvgIpc) is 2.28. The summed E-state index contributed by atoms with van der Waals surface area (Å²) in [5.74, 6) is -0.806. The molecule has 1 aliphatic carbocycles. The number of rotatable bonds is 4. The molecular formula is C12H22N2O2. The molecule has 0 radical (unpaired) electrons. The van der Waals surface area contributed by atoms with Gasteiger partial charge in [0.05, 0.1) is 0 Å². The second kappa shape index (κ2) is 5.87. The molecule has 1 saturated carbocycles. The van der Waals surface area contributed by atoms with Crippen LogP contribution in [0.15, 0.2) is 0 Å². The number of carbonyl (C=O) groups is 2. The first-order chi connectivity index (χ1) is 7.56. The van der Waals surface area contributed by atoms with Crippen molar-refractivity contribution in [1.29, 1.82) is 0 Å². The third-order valence-corrected chi connectivity index (χ3v) is 3.47. The normalized spacial score (nSPS) is 27.1. The van der Waals surface area contributed by atoms with Gasteiger partial charge in [0.1, 0.15) is 0 Å². The van der Waals surface area contributed by atoms with E-state index in [0.717, 1.165) is 32.1 Å². The molecule has 0 heterocycles. The second-order valence-electron chi connectivity index (χ2n) is 4.72. The molecule has 1 aliphatic rings. The van der Waals surface area contributed by atoms with Gasteiger partial charge >= 0.3 is 0 Å². The van der Waals surface area contributed by atoms with Crippen LogP contribution in [0.4, 0.5) is 0 Å². The molecule has 3 N–H and O–H groups in total. The third kappa shape index (κ3) is 3.22. The maximum Gasteiger partial charge on any atom is 0.224 e. The van der Waals surface area contributed by atoms with Crippen LogP contribution in [0.1, 0.15) is 46.0 Å². The van der Waals surface area contributed by atoms with Crippen LogP contribution < -0.4 is 11.1 Å². The van der Waals surface area contributed by atoms with E-state index in [-0.39, 0.29) is 29.7 Å². The lowest BCUT2D eigenvalue weighted by Crippen LogP contribution is -2.44. The van der Waals surface area contributed by atoms with Crippen molar-refractivity contribution in [3.63, 3.8) is 0 Å². The average molecular weight is 226 g/mol. The molecule has 0 aliphatic heterocycles. The molecule has 0 spiro atoms. The van der Waals surface area contributed by atoms with Gasteiger partial charge in [0.2, 0.25) is 11.8 Å². The van der Waals surface area contributed by atoms with E-state index in [2.05, 4.69) is 5.32 Å². The highest BCUT2D eigenvalue weighted by atomic mass is 16.2. The predicted molar refractivity (Wildman–Crippen MR) is 62.5 cm³/mol. The van der Waals surface area contributed by atoms with E-state index < -0.39 is 0 Å². The zero-order chi connectivity index (χ0) is 12.1. The summed E-state index contributed by atoms with van der Waals surface area (Å²) in [5.41, 5.74) is 5.34. The predicted octanol–water partition coefficient (Wildman–Crippen LogP) is 1.19. The van der Waals surface area contributed by atoms with Gasteiger partial charge in [-0.2, -0.15) is 0 Å². The molecule has 0 bridgehead atoms. The van der Waals surface area contributed by atoms with Crippen molar-refractivity contribution in [3.05, 3.63) is 0 Å². The van der Waals surface area contributed by atoms with Crippen LogP contribution in [0.2, 0.25) is 0 Å². The molecule has 16 heavy (non-hydrogen) atoms. The van der Waals surface area contributed by atoms with Crippen molar-refractivity contribution in [2.45, 2.75) is 52.0 Å². The second-order valence-corrected chi connectivity index (χ2v) is 4.72. The molecule has 4 nitrogen and oxygen atoms in total. The Bertz CT molecular complexity index is 266. The fraction of sp³-hybridized carbons (Fsp3) is 0.833. The van der Waals surface area contributed by atoms with Gasteiger partial charge in [-0.05, 0) is 26.2 Å². The summed E-state index contributed by atoms with van der Waals surface area (Å²) in [7, 11) is 0. The van der Waals surface area contributed by atoms with Crippen molar-refractivity contribution >= 4 is 11.8 Å². The van der Waals surface area contributed by atoms with Crippen LogP contribution >= 0.6 is 0 Å². The number of amides is 2. The maximum absolute atomic E-state index is 12.0. The molecule has 0 saturated heterocycles. The minimum atomic E-state index is -0.330. The highest BCUT2D eigenvalue weighted by molar-refractivity contribution is 5.87. The van der Waals surface area contributed by atoms with Crippen LogP contribution in [-0.4, -0.2) is 17.9 Å². The zero-order valence-electron chi connectivity index (χ0n) is 10.2. The first-order valence-electron chi connectivity index (χ1n) is 6.16. The quantitative estimate of drug-likeness (QED) is 0.756. The summed E-state index contributed by atoms with van der Waals surface area (Å²) in [5, 5.41) is 2.94. The minimum absolute atomic E-state index is 0.00199. The van der Waals surface area contributed by atoms with E-state index >= 15 is 0 Å². The Balaban J connectivity index is 2.60. The first kappa shape index (κ1) is 13.0. The largest absolute Gasteiger partial charge is 0.369 e. The third-order valence-electron chi connectivity index (χ3n) is 3.47. The summed E-state index contributed by atoms with van der Waals surface area (Å²) >= 11 is 0. The Kier molecular flexibility index (Phi) is 4.77. The van der Waals surface area contributed by atoms with Crippen LogP contribution in [0.5, 0.6) is 0 Å². The summed E-state index contributed by atoms with van der Waals surface area (Å²) in [6.07, 6.45) is 4.46. The molecule has 1 rings (SSSR count). The standard InChI is InChI=1S/C12H22N2O2/c1-3-8(2)14-12(16)10-7-5-4-6-9(10)11(13)15/h8-10H,3-7H2,1-2H3,(H2,13,15)(H,14,16). The molecule has 3 unspecified atom stereocenters. The summed E-state index contributed by atoms with van der Waals surface area (Å²) < 4.78 is 0.